The fourth-order valence-corrected chi connectivity index (χ4v) is 4.03. The number of carbonyl (C=O) groups excluding carboxylic acids is 2. The van der Waals surface area contributed by atoms with Gasteiger partial charge in [0, 0.05) is 22.5 Å². The zero-order chi connectivity index (χ0) is 24.4. The minimum Gasteiger partial charge on any atom is -0.338 e. The highest BCUT2D eigenvalue weighted by Crippen LogP contribution is 2.25. The van der Waals surface area contributed by atoms with E-state index in [-0.39, 0.29) is 11.8 Å². The van der Waals surface area contributed by atoms with Gasteiger partial charge in [-0.2, -0.15) is 0 Å². The van der Waals surface area contributed by atoms with E-state index in [1.54, 1.807) is 36.4 Å². The molecular weight excluding hydrogens is 460 g/mol. The number of benzene rings is 4. The van der Waals surface area contributed by atoms with Crippen LogP contribution in [0.15, 0.2) is 91.0 Å². The number of aromatic amines is 1. The smallest absolute Gasteiger partial charge is 0.257 e. The predicted octanol–water partition coefficient (Wildman–Crippen LogP) is 6.70. The highest BCUT2D eigenvalue weighted by molar-refractivity contribution is 6.34. The molecule has 0 bridgehead atoms. The van der Waals surface area contributed by atoms with Gasteiger partial charge in [0.2, 0.25) is 0 Å². The number of rotatable bonds is 5. The van der Waals surface area contributed by atoms with Crippen molar-refractivity contribution in [3.63, 3.8) is 0 Å². The fourth-order valence-electron chi connectivity index (χ4n) is 3.81. The molecule has 1 aromatic heterocycles. The minimum absolute atomic E-state index is 0.147. The molecule has 0 saturated carbocycles. The molecule has 0 aliphatic heterocycles. The Labute approximate surface area is 207 Å². The van der Waals surface area contributed by atoms with E-state index < -0.39 is 0 Å². The first-order valence-electron chi connectivity index (χ1n) is 11.0. The van der Waals surface area contributed by atoms with Gasteiger partial charge in [-0.15, -0.1) is 0 Å². The molecule has 4 aromatic carbocycles. The summed E-state index contributed by atoms with van der Waals surface area (Å²) in [5.41, 5.74) is 5.74. The van der Waals surface area contributed by atoms with Gasteiger partial charge in [-0.05, 0) is 73.2 Å². The van der Waals surface area contributed by atoms with E-state index in [0.29, 0.717) is 33.3 Å². The van der Waals surface area contributed by atoms with Crippen molar-refractivity contribution in [3.05, 3.63) is 113 Å². The molecule has 5 aromatic rings. The molecule has 0 saturated heterocycles. The molecule has 0 unspecified atom stereocenters. The minimum atomic E-state index is -0.280. The maximum Gasteiger partial charge on any atom is 0.257 e. The number of H-pyrrole nitrogens is 1. The van der Waals surface area contributed by atoms with Crippen molar-refractivity contribution in [2.24, 2.45) is 0 Å². The quantitative estimate of drug-likeness (QED) is 0.261. The zero-order valence-electron chi connectivity index (χ0n) is 18.8. The highest BCUT2D eigenvalue weighted by atomic mass is 35.5. The summed E-state index contributed by atoms with van der Waals surface area (Å²) in [7, 11) is 0. The second-order valence-electron chi connectivity index (χ2n) is 8.10. The number of nitrogens with zero attached hydrogens (tertiary/aromatic N) is 1. The number of halogens is 1. The van der Waals surface area contributed by atoms with Crippen LogP contribution in [0, 0.1) is 6.92 Å². The molecule has 6 nitrogen and oxygen atoms in total. The molecule has 0 atom stereocenters. The van der Waals surface area contributed by atoms with Crippen LogP contribution in [0.2, 0.25) is 5.02 Å². The number of aryl methyl sites for hydroxylation is 1. The van der Waals surface area contributed by atoms with Gasteiger partial charge in [-0.1, -0.05) is 41.9 Å². The number of anilines is 2. The summed E-state index contributed by atoms with van der Waals surface area (Å²) in [6.45, 7) is 1.91. The summed E-state index contributed by atoms with van der Waals surface area (Å²) in [5.74, 6) is 0.260. The Balaban J connectivity index is 1.32. The van der Waals surface area contributed by atoms with Gasteiger partial charge < -0.3 is 15.6 Å². The maximum atomic E-state index is 12.6. The van der Waals surface area contributed by atoms with Crippen molar-refractivity contribution >= 4 is 45.8 Å². The first kappa shape index (κ1) is 22.4. The molecule has 0 spiro atoms. The van der Waals surface area contributed by atoms with E-state index in [0.717, 1.165) is 22.2 Å². The van der Waals surface area contributed by atoms with Crippen LogP contribution in [0.3, 0.4) is 0 Å². The van der Waals surface area contributed by atoms with Gasteiger partial charge in [0.1, 0.15) is 5.82 Å². The third kappa shape index (κ3) is 4.78. The predicted molar refractivity (Wildman–Crippen MR) is 140 cm³/mol. The lowest BCUT2D eigenvalue weighted by Gasteiger charge is -2.08. The van der Waals surface area contributed by atoms with Gasteiger partial charge in [0.15, 0.2) is 0 Å². The van der Waals surface area contributed by atoms with Crippen LogP contribution in [0.25, 0.3) is 22.4 Å². The van der Waals surface area contributed by atoms with Crippen LogP contribution in [-0.4, -0.2) is 21.8 Å². The van der Waals surface area contributed by atoms with Crippen molar-refractivity contribution in [1.82, 2.24) is 9.97 Å². The molecule has 0 aliphatic carbocycles. The molecular formula is C28H21ClN4O2. The average Bonchev–Trinajstić information content (AvgIpc) is 3.28. The van der Waals surface area contributed by atoms with Crippen molar-refractivity contribution in [2.75, 3.05) is 10.6 Å². The average molecular weight is 481 g/mol. The summed E-state index contributed by atoms with van der Waals surface area (Å²) in [5, 5.41) is 6.20. The second kappa shape index (κ2) is 9.44. The lowest BCUT2D eigenvalue weighted by molar-refractivity contribution is 0.101. The van der Waals surface area contributed by atoms with Crippen molar-refractivity contribution in [2.45, 2.75) is 6.92 Å². The Morgan fingerprint density at radius 1 is 0.771 bits per heavy atom. The largest absolute Gasteiger partial charge is 0.338 e. The normalized spacial score (nSPS) is 10.8. The Morgan fingerprint density at radius 3 is 2.14 bits per heavy atom. The summed E-state index contributed by atoms with van der Waals surface area (Å²) in [4.78, 5) is 33.1. The monoisotopic (exact) mass is 480 g/mol. The number of imidazole rings is 1. The maximum absolute atomic E-state index is 12.6. The van der Waals surface area contributed by atoms with Crippen LogP contribution >= 0.6 is 11.6 Å². The van der Waals surface area contributed by atoms with Crippen LogP contribution in [0.1, 0.15) is 26.3 Å². The van der Waals surface area contributed by atoms with Crippen LogP contribution in [0.5, 0.6) is 0 Å². The van der Waals surface area contributed by atoms with Crippen molar-refractivity contribution < 1.29 is 9.59 Å². The Hall–Kier alpha value is -4.42. The molecule has 35 heavy (non-hydrogen) atoms. The summed E-state index contributed by atoms with van der Waals surface area (Å²) in [6.07, 6.45) is 0. The van der Waals surface area contributed by atoms with Gasteiger partial charge in [-0.25, -0.2) is 4.98 Å². The molecule has 5 rings (SSSR count). The molecule has 3 N–H and O–H groups in total. The van der Waals surface area contributed by atoms with Gasteiger partial charge in [-0.3, -0.25) is 9.59 Å². The van der Waals surface area contributed by atoms with E-state index in [1.165, 1.54) is 0 Å². The second-order valence-corrected chi connectivity index (χ2v) is 8.50. The standard InChI is InChI=1S/C28H21ClN4O2/c1-17-6-2-3-7-21(17)27(34)30-19-12-10-18(11-13-19)26-32-24-15-14-20(16-25(24)33-26)31-28(35)22-8-4-5-9-23(22)29/h2-16H,1H3,(H,30,34)(H,31,35)(H,32,33). The van der Waals surface area contributed by atoms with Gasteiger partial charge >= 0.3 is 0 Å². The number of hydrogen-bond donors (Lipinski definition) is 3. The molecule has 2 amide bonds. The lowest BCUT2D eigenvalue weighted by atomic mass is 10.1. The van der Waals surface area contributed by atoms with E-state index >= 15 is 0 Å². The third-order valence-corrected chi connectivity index (χ3v) is 5.99. The van der Waals surface area contributed by atoms with Crippen molar-refractivity contribution in [3.8, 4) is 11.4 Å². The fraction of sp³-hybridized carbons (Fsp3) is 0.0357. The van der Waals surface area contributed by atoms with Gasteiger partial charge in [0.05, 0.1) is 21.6 Å². The first-order valence-corrected chi connectivity index (χ1v) is 11.4. The van der Waals surface area contributed by atoms with E-state index in [9.17, 15) is 9.59 Å². The Kier molecular flexibility index (Phi) is 6.04. The third-order valence-electron chi connectivity index (χ3n) is 5.66. The van der Waals surface area contributed by atoms with Gasteiger partial charge in [0.25, 0.3) is 11.8 Å². The van der Waals surface area contributed by atoms with Crippen LogP contribution < -0.4 is 10.6 Å². The Bertz CT molecular complexity index is 1560. The zero-order valence-corrected chi connectivity index (χ0v) is 19.6. The van der Waals surface area contributed by atoms with E-state index in [2.05, 4.69) is 20.6 Å². The number of hydrogen-bond acceptors (Lipinski definition) is 3. The molecule has 172 valence electrons. The number of fused-ring (bicyclic) bond motifs is 1. The highest BCUT2D eigenvalue weighted by Gasteiger charge is 2.12. The number of amides is 2. The van der Waals surface area contributed by atoms with Crippen molar-refractivity contribution in [1.29, 1.82) is 0 Å². The molecule has 0 fully saturated rings. The van der Waals surface area contributed by atoms with Crippen LogP contribution in [-0.2, 0) is 0 Å². The molecule has 0 radical (unpaired) electrons. The van der Waals surface area contributed by atoms with E-state index in [1.807, 2.05) is 61.5 Å². The Morgan fingerprint density at radius 2 is 1.40 bits per heavy atom. The number of nitrogens with one attached hydrogen (secondary N) is 3. The summed E-state index contributed by atoms with van der Waals surface area (Å²) < 4.78 is 0. The number of aromatic nitrogens is 2. The molecule has 1 heterocycles. The SMILES string of the molecule is Cc1ccccc1C(=O)Nc1ccc(-c2nc3ccc(NC(=O)c4ccccc4Cl)cc3[nH]2)cc1. The summed E-state index contributed by atoms with van der Waals surface area (Å²) in [6, 6.07) is 27.3. The topological polar surface area (TPSA) is 86.9 Å². The van der Waals surface area contributed by atoms with Crippen LogP contribution in [0.4, 0.5) is 11.4 Å². The lowest BCUT2D eigenvalue weighted by Crippen LogP contribution is -2.13. The molecule has 0 aliphatic rings. The van der Waals surface area contributed by atoms with E-state index in [4.69, 9.17) is 11.6 Å². The first-order chi connectivity index (χ1) is 17.0. The summed E-state index contributed by atoms with van der Waals surface area (Å²) >= 11 is 6.13. The molecule has 7 heteroatoms. The number of carbonyl (C=O) groups is 2.